The zero-order chi connectivity index (χ0) is 19.7. The maximum Gasteiger partial charge on any atom is 0.220 e. The van der Waals surface area contributed by atoms with Gasteiger partial charge in [0.15, 0.2) is 0 Å². The number of para-hydroxylation sites is 2. The molecule has 3 heterocycles. The molecule has 4 aromatic carbocycles. The molecule has 7 aromatic rings. The number of aromatic nitrogens is 4. The van der Waals surface area contributed by atoms with Gasteiger partial charge in [0.25, 0.3) is 0 Å². The molecule has 0 saturated heterocycles. The molecule has 4 heteroatoms. The highest BCUT2D eigenvalue weighted by molar-refractivity contribution is 6.25. The Kier molecular flexibility index (Phi) is 2.97. The quantitative estimate of drug-likeness (QED) is 0.319. The molecule has 140 valence electrons. The summed E-state index contributed by atoms with van der Waals surface area (Å²) < 4.78 is 4.55. The van der Waals surface area contributed by atoms with Crippen LogP contribution in [0.25, 0.3) is 55.1 Å². The average Bonchev–Trinajstić information content (AvgIpc) is 3.34. The summed E-state index contributed by atoms with van der Waals surface area (Å²) in [7, 11) is 0. The van der Waals surface area contributed by atoms with E-state index in [1.807, 2.05) is 24.5 Å². The second-order valence-electron chi connectivity index (χ2n) is 7.57. The van der Waals surface area contributed by atoms with Gasteiger partial charge in [0.1, 0.15) is 0 Å². The van der Waals surface area contributed by atoms with Gasteiger partial charge in [-0.25, -0.2) is 4.98 Å². The fourth-order valence-corrected chi connectivity index (χ4v) is 4.77. The average molecular weight is 384 g/mol. The van der Waals surface area contributed by atoms with Gasteiger partial charge in [-0.2, -0.15) is 0 Å². The van der Waals surface area contributed by atoms with E-state index < -0.39 is 0 Å². The Bertz CT molecular complexity index is 1740. The lowest BCUT2D eigenvalue weighted by Gasteiger charge is -2.10. The molecular formula is C26H16N4. The predicted molar refractivity (Wildman–Crippen MR) is 122 cm³/mol. The van der Waals surface area contributed by atoms with Crippen molar-refractivity contribution in [3.05, 3.63) is 97.3 Å². The summed E-state index contributed by atoms with van der Waals surface area (Å²) in [6, 6.07) is 29.7. The second-order valence-corrected chi connectivity index (χ2v) is 7.57. The summed E-state index contributed by atoms with van der Waals surface area (Å²) >= 11 is 0. The normalized spacial score (nSPS) is 12.0. The van der Waals surface area contributed by atoms with Crippen LogP contribution in [0.2, 0.25) is 0 Å². The summed E-state index contributed by atoms with van der Waals surface area (Å²) in [6.07, 6.45) is 3.71. The third-order valence-electron chi connectivity index (χ3n) is 5.97. The van der Waals surface area contributed by atoms with E-state index >= 15 is 0 Å². The summed E-state index contributed by atoms with van der Waals surface area (Å²) in [5.74, 6) is 0.903. The van der Waals surface area contributed by atoms with Crippen molar-refractivity contribution in [1.82, 2.24) is 18.9 Å². The third-order valence-corrected chi connectivity index (χ3v) is 5.97. The smallest absolute Gasteiger partial charge is 0.220 e. The van der Waals surface area contributed by atoms with E-state index in [2.05, 4.69) is 86.7 Å². The van der Waals surface area contributed by atoms with E-state index in [1.165, 1.54) is 27.1 Å². The van der Waals surface area contributed by atoms with Crippen LogP contribution in [0.3, 0.4) is 0 Å². The number of imidazole rings is 2. The minimum Gasteiger partial charge on any atom is -0.276 e. The van der Waals surface area contributed by atoms with E-state index in [9.17, 15) is 0 Å². The van der Waals surface area contributed by atoms with Crippen LogP contribution in [-0.2, 0) is 0 Å². The first-order valence-corrected chi connectivity index (χ1v) is 10.0. The highest BCUT2D eigenvalue weighted by atomic mass is 15.2. The molecule has 0 unspecified atom stereocenters. The minimum absolute atomic E-state index is 0.903. The molecule has 0 saturated carbocycles. The van der Waals surface area contributed by atoms with Gasteiger partial charge in [-0.1, -0.05) is 60.7 Å². The molecule has 0 N–H and O–H groups in total. The van der Waals surface area contributed by atoms with E-state index in [4.69, 9.17) is 4.98 Å². The molecule has 0 bridgehead atoms. The zero-order valence-corrected chi connectivity index (χ0v) is 16.0. The number of pyridine rings is 1. The fraction of sp³-hybridized carbons (Fsp3) is 0. The third kappa shape index (κ3) is 1.90. The number of hydrogen-bond acceptors (Lipinski definition) is 2. The molecule has 0 aliphatic carbocycles. The highest BCUT2D eigenvalue weighted by Crippen LogP contribution is 2.39. The SMILES string of the molecule is c1cncc(-n2c3c4ccccc4c4ccccc4c3n3c4ccccc4nc23)c1. The van der Waals surface area contributed by atoms with Crippen molar-refractivity contribution >= 4 is 49.4 Å². The molecule has 0 aliphatic rings. The largest absolute Gasteiger partial charge is 0.276 e. The van der Waals surface area contributed by atoms with Gasteiger partial charge in [-0.15, -0.1) is 0 Å². The van der Waals surface area contributed by atoms with Gasteiger partial charge in [-0.3, -0.25) is 14.0 Å². The Morgan fingerprint density at radius 2 is 1.27 bits per heavy atom. The van der Waals surface area contributed by atoms with Crippen LogP contribution in [0.15, 0.2) is 97.3 Å². The molecular weight excluding hydrogens is 368 g/mol. The van der Waals surface area contributed by atoms with Gasteiger partial charge >= 0.3 is 0 Å². The second kappa shape index (κ2) is 5.67. The van der Waals surface area contributed by atoms with E-state index in [1.54, 1.807) is 0 Å². The van der Waals surface area contributed by atoms with Gasteiger partial charge in [0.05, 0.1) is 34.0 Å². The van der Waals surface area contributed by atoms with Gasteiger partial charge in [0, 0.05) is 17.0 Å². The predicted octanol–water partition coefficient (Wildman–Crippen LogP) is 6.13. The molecule has 30 heavy (non-hydrogen) atoms. The van der Waals surface area contributed by atoms with Crippen LogP contribution in [-0.4, -0.2) is 18.9 Å². The number of rotatable bonds is 1. The molecule has 0 aliphatic heterocycles. The van der Waals surface area contributed by atoms with Crippen LogP contribution in [0.4, 0.5) is 0 Å². The highest BCUT2D eigenvalue weighted by Gasteiger charge is 2.21. The van der Waals surface area contributed by atoms with Crippen molar-refractivity contribution < 1.29 is 0 Å². The molecule has 7 rings (SSSR count). The summed E-state index contributed by atoms with van der Waals surface area (Å²) in [4.78, 5) is 9.43. The number of hydrogen-bond donors (Lipinski definition) is 0. The lowest BCUT2D eigenvalue weighted by atomic mass is 9.99. The van der Waals surface area contributed by atoms with Crippen LogP contribution >= 0.6 is 0 Å². The Hall–Kier alpha value is -4.18. The zero-order valence-electron chi connectivity index (χ0n) is 16.0. The fourth-order valence-electron chi connectivity index (χ4n) is 4.77. The topological polar surface area (TPSA) is 35.1 Å². The van der Waals surface area contributed by atoms with Crippen LogP contribution in [0, 0.1) is 0 Å². The van der Waals surface area contributed by atoms with Crippen LogP contribution in [0.5, 0.6) is 0 Å². The molecule has 3 aromatic heterocycles. The van der Waals surface area contributed by atoms with Crippen LogP contribution < -0.4 is 0 Å². The first kappa shape index (κ1) is 15.7. The van der Waals surface area contributed by atoms with E-state index in [-0.39, 0.29) is 0 Å². The van der Waals surface area contributed by atoms with Crippen molar-refractivity contribution in [2.24, 2.45) is 0 Å². The Morgan fingerprint density at radius 3 is 2.00 bits per heavy atom. The first-order valence-electron chi connectivity index (χ1n) is 10.0. The van der Waals surface area contributed by atoms with Crippen molar-refractivity contribution in [3.63, 3.8) is 0 Å². The van der Waals surface area contributed by atoms with Crippen molar-refractivity contribution in [2.45, 2.75) is 0 Å². The number of benzene rings is 4. The van der Waals surface area contributed by atoms with Gasteiger partial charge < -0.3 is 0 Å². The number of fused-ring (bicyclic) bond motifs is 10. The maximum atomic E-state index is 5.04. The monoisotopic (exact) mass is 384 g/mol. The molecule has 0 spiro atoms. The molecule has 0 radical (unpaired) electrons. The molecule has 4 nitrogen and oxygen atoms in total. The van der Waals surface area contributed by atoms with Crippen molar-refractivity contribution in [1.29, 1.82) is 0 Å². The molecule has 0 amide bonds. The maximum absolute atomic E-state index is 5.04. The lowest BCUT2D eigenvalue weighted by molar-refractivity contribution is 1.09. The summed E-state index contributed by atoms with van der Waals surface area (Å²) in [5.41, 5.74) is 5.44. The summed E-state index contributed by atoms with van der Waals surface area (Å²) in [6.45, 7) is 0. The van der Waals surface area contributed by atoms with E-state index in [0.717, 1.165) is 28.0 Å². The number of nitrogens with zero attached hydrogens (tertiary/aromatic N) is 4. The standard InChI is InChI=1S/C26H16N4/c1-3-11-20-18(9-1)19-10-2-4-12-21(19)25-24(20)29(17-8-7-15-27-16-17)26-28-22-13-5-6-14-23(22)30(25)26/h1-16H. The Balaban J connectivity index is 1.90. The van der Waals surface area contributed by atoms with Crippen molar-refractivity contribution in [2.75, 3.05) is 0 Å². The van der Waals surface area contributed by atoms with Crippen LogP contribution in [0.1, 0.15) is 0 Å². The summed E-state index contributed by atoms with van der Waals surface area (Å²) in [5, 5.41) is 4.94. The van der Waals surface area contributed by atoms with Crippen molar-refractivity contribution in [3.8, 4) is 5.69 Å². The Morgan fingerprint density at radius 1 is 0.600 bits per heavy atom. The van der Waals surface area contributed by atoms with E-state index in [0.29, 0.717) is 0 Å². The van der Waals surface area contributed by atoms with Gasteiger partial charge in [0.2, 0.25) is 5.78 Å². The first-order chi connectivity index (χ1) is 14.9. The minimum atomic E-state index is 0.903. The molecule has 0 fully saturated rings. The lowest BCUT2D eigenvalue weighted by Crippen LogP contribution is -1.96. The molecule has 0 atom stereocenters. The Labute approximate surface area is 171 Å². The van der Waals surface area contributed by atoms with Gasteiger partial charge in [-0.05, 0) is 35.0 Å².